The van der Waals surface area contributed by atoms with Gasteiger partial charge < -0.3 is 8.98 Å². The van der Waals surface area contributed by atoms with E-state index in [1.165, 1.54) is 10.9 Å². The van der Waals surface area contributed by atoms with Crippen molar-refractivity contribution >= 4 is 65.6 Å². The Morgan fingerprint density at radius 2 is 0.895 bits per heavy atom. The molecule has 0 aliphatic rings. The maximum Gasteiger partial charge on any atom is 0.238 e. The summed E-state index contributed by atoms with van der Waals surface area (Å²) in [4.78, 5) is 15.4. The van der Waals surface area contributed by atoms with E-state index in [1.54, 1.807) is 0 Å². The maximum atomic E-state index is 6.97. The van der Waals surface area contributed by atoms with E-state index in [0.717, 1.165) is 82.5 Å². The number of hydrogen-bond acceptors (Lipinski definition) is 4. The van der Waals surface area contributed by atoms with Gasteiger partial charge >= 0.3 is 0 Å². The third kappa shape index (κ3) is 4.87. The first-order valence-electron chi connectivity index (χ1n) is 19.1. The SMILES string of the molecule is c1ccc(-c2cccc(-n3c4ccccc4c4ccc5c6ccc(-c7nc(-c8ccccc8)nc(-n8c9ccccc9c9ccccc98)n7)cc6oc5c43)c2)cc1. The molecular formula is C51H31N5O. The van der Waals surface area contributed by atoms with Crippen LogP contribution in [0, 0.1) is 0 Å². The van der Waals surface area contributed by atoms with Crippen molar-refractivity contribution in [2.45, 2.75) is 0 Å². The zero-order chi connectivity index (χ0) is 37.5. The lowest BCUT2D eigenvalue weighted by molar-refractivity contribution is 0.671. The molecule has 0 unspecified atom stereocenters. The van der Waals surface area contributed by atoms with Crippen molar-refractivity contribution in [3.8, 4) is 45.5 Å². The van der Waals surface area contributed by atoms with Crippen molar-refractivity contribution in [3.63, 3.8) is 0 Å². The van der Waals surface area contributed by atoms with E-state index < -0.39 is 0 Å². The third-order valence-electron chi connectivity index (χ3n) is 11.2. The molecule has 0 radical (unpaired) electrons. The molecular weight excluding hydrogens is 699 g/mol. The van der Waals surface area contributed by atoms with Gasteiger partial charge in [0.15, 0.2) is 17.2 Å². The summed E-state index contributed by atoms with van der Waals surface area (Å²) < 4.78 is 11.5. The van der Waals surface area contributed by atoms with Gasteiger partial charge in [-0.2, -0.15) is 9.97 Å². The molecule has 4 aromatic heterocycles. The van der Waals surface area contributed by atoms with Crippen LogP contribution in [0.5, 0.6) is 0 Å². The summed E-state index contributed by atoms with van der Waals surface area (Å²) in [5.74, 6) is 1.73. The van der Waals surface area contributed by atoms with Gasteiger partial charge in [0, 0.05) is 49.1 Å². The molecule has 6 heteroatoms. The highest BCUT2D eigenvalue weighted by atomic mass is 16.3. The molecule has 4 heterocycles. The highest BCUT2D eigenvalue weighted by molar-refractivity contribution is 6.21. The normalized spacial score (nSPS) is 11.9. The average molecular weight is 730 g/mol. The fourth-order valence-corrected chi connectivity index (χ4v) is 8.59. The predicted octanol–water partition coefficient (Wildman–Crippen LogP) is 13.0. The van der Waals surface area contributed by atoms with E-state index in [-0.39, 0.29) is 0 Å². The molecule has 12 rings (SSSR count). The third-order valence-corrected chi connectivity index (χ3v) is 11.2. The lowest BCUT2D eigenvalue weighted by Gasteiger charge is -2.10. The standard InChI is InChI=1S/C51H31N5O/c1-3-14-32(15-4-1)34-18-13-19-36(30-34)55-43-23-10-9-22-39(43)41-28-29-42-40-27-26-35(31-46(40)57-48(42)47(41)55)50-52-49(33-16-5-2-6-17-33)53-51(54-50)56-44-24-11-7-20-37(44)38-21-8-12-25-45(38)56/h1-31H. The van der Waals surface area contributed by atoms with Crippen LogP contribution in [0.25, 0.3) is 111 Å². The highest BCUT2D eigenvalue weighted by Crippen LogP contribution is 2.41. The summed E-state index contributed by atoms with van der Waals surface area (Å²) in [5, 5.41) is 6.70. The summed E-state index contributed by atoms with van der Waals surface area (Å²) in [6, 6.07) is 65.5. The van der Waals surface area contributed by atoms with E-state index in [9.17, 15) is 0 Å². The molecule has 12 aromatic rings. The van der Waals surface area contributed by atoms with Crippen LogP contribution in [-0.2, 0) is 0 Å². The molecule has 0 aliphatic heterocycles. The molecule has 0 amide bonds. The molecule has 0 saturated heterocycles. The number of rotatable bonds is 5. The van der Waals surface area contributed by atoms with Gasteiger partial charge in [-0.1, -0.05) is 140 Å². The smallest absolute Gasteiger partial charge is 0.238 e. The Labute approximate surface area is 326 Å². The Morgan fingerprint density at radius 1 is 0.351 bits per heavy atom. The first-order chi connectivity index (χ1) is 28.3. The van der Waals surface area contributed by atoms with Crippen molar-refractivity contribution in [2.75, 3.05) is 0 Å². The summed E-state index contributed by atoms with van der Waals surface area (Å²) in [5.41, 5.74) is 11.0. The topological polar surface area (TPSA) is 61.7 Å². The molecule has 0 bridgehead atoms. The van der Waals surface area contributed by atoms with E-state index in [4.69, 9.17) is 19.4 Å². The van der Waals surface area contributed by atoms with E-state index in [1.807, 2.05) is 30.3 Å². The Kier molecular flexibility index (Phi) is 6.83. The molecule has 0 saturated carbocycles. The van der Waals surface area contributed by atoms with Crippen LogP contribution >= 0.6 is 0 Å². The molecule has 57 heavy (non-hydrogen) atoms. The predicted molar refractivity (Wildman–Crippen MR) is 232 cm³/mol. The summed E-state index contributed by atoms with van der Waals surface area (Å²) in [6.45, 7) is 0. The van der Waals surface area contributed by atoms with Crippen molar-refractivity contribution < 1.29 is 4.42 Å². The van der Waals surface area contributed by atoms with Crippen molar-refractivity contribution in [2.24, 2.45) is 0 Å². The van der Waals surface area contributed by atoms with Gasteiger partial charge in [0.25, 0.3) is 0 Å². The first kappa shape index (κ1) is 31.5. The minimum atomic E-state index is 0.560. The lowest BCUT2D eigenvalue weighted by atomic mass is 10.1. The Balaban J connectivity index is 1.08. The number of nitrogens with zero attached hydrogens (tertiary/aromatic N) is 5. The molecule has 6 nitrogen and oxygen atoms in total. The fraction of sp³-hybridized carbons (Fsp3) is 0. The van der Waals surface area contributed by atoms with Crippen LogP contribution < -0.4 is 0 Å². The Morgan fingerprint density at radius 3 is 1.60 bits per heavy atom. The molecule has 0 aliphatic carbocycles. The van der Waals surface area contributed by atoms with Gasteiger partial charge in [0.05, 0.1) is 22.1 Å². The van der Waals surface area contributed by atoms with Crippen LogP contribution in [0.3, 0.4) is 0 Å². The van der Waals surface area contributed by atoms with Crippen LogP contribution in [0.4, 0.5) is 0 Å². The number of benzene rings is 8. The second-order valence-electron chi connectivity index (χ2n) is 14.4. The average Bonchev–Trinajstić information content (AvgIpc) is 3.94. The monoisotopic (exact) mass is 729 g/mol. The number of fused-ring (bicyclic) bond motifs is 10. The quantitative estimate of drug-likeness (QED) is 0.177. The number of aromatic nitrogens is 5. The molecule has 0 N–H and O–H groups in total. The summed E-state index contributed by atoms with van der Waals surface area (Å²) in [7, 11) is 0. The minimum Gasteiger partial charge on any atom is -0.454 e. The molecule has 0 fully saturated rings. The van der Waals surface area contributed by atoms with Crippen LogP contribution in [0.1, 0.15) is 0 Å². The van der Waals surface area contributed by atoms with Gasteiger partial charge in [0.1, 0.15) is 5.58 Å². The second kappa shape index (κ2) is 12.3. The fourth-order valence-electron chi connectivity index (χ4n) is 8.59. The molecule has 8 aromatic carbocycles. The zero-order valence-corrected chi connectivity index (χ0v) is 30.5. The maximum absolute atomic E-state index is 6.97. The van der Waals surface area contributed by atoms with Gasteiger partial charge in [-0.3, -0.25) is 4.57 Å². The molecule has 0 spiro atoms. The van der Waals surface area contributed by atoms with Crippen molar-refractivity contribution in [1.29, 1.82) is 0 Å². The summed E-state index contributed by atoms with van der Waals surface area (Å²) in [6.07, 6.45) is 0. The summed E-state index contributed by atoms with van der Waals surface area (Å²) >= 11 is 0. The van der Waals surface area contributed by atoms with Gasteiger partial charge in [-0.15, -0.1) is 0 Å². The highest BCUT2D eigenvalue weighted by Gasteiger charge is 2.21. The van der Waals surface area contributed by atoms with E-state index >= 15 is 0 Å². The van der Waals surface area contributed by atoms with Crippen LogP contribution in [-0.4, -0.2) is 24.1 Å². The Bertz CT molecular complexity index is 3470. The van der Waals surface area contributed by atoms with Gasteiger partial charge in [-0.25, -0.2) is 4.98 Å². The second-order valence-corrected chi connectivity index (χ2v) is 14.4. The van der Waals surface area contributed by atoms with Gasteiger partial charge in [-0.05, 0) is 59.7 Å². The van der Waals surface area contributed by atoms with Crippen molar-refractivity contribution in [3.05, 3.63) is 188 Å². The number of furan rings is 1. The van der Waals surface area contributed by atoms with E-state index in [2.05, 4.69) is 167 Å². The lowest BCUT2D eigenvalue weighted by Crippen LogP contribution is -2.06. The first-order valence-corrected chi connectivity index (χ1v) is 19.1. The van der Waals surface area contributed by atoms with E-state index in [0.29, 0.717) is 17.6 Å². The molecule has 266 valence electrons. The molecule has 0 atom stereocenters. The van der Waals surface area contributed by atoms with Gasteiger partial charge in [0.2, 0.25) is 5.95 Å². The minimum absolute atomic E-state index is 0.560. The largest absolute Gasteiger partial charge is 0.454 e. The zero-order valence-electron chi connectivity index (χ0n) is 30.5. The van der Waals surface area contributed by atoms with Crippen LogP contribution in [0.2, 0.25) is 0 Å². The number of para-hydroxylation sites is 3. The Hall–Kier alpha value is -7.83. The van der Waals surface area contributed by atoms with Crippen molar-refractivity contribution in [1.82, 2.24) is 24.1 Å². The number of hydrogen-bond donors (Lipinski definition) is 0. The van der Waals surface area contributed by atoms with Crippen LogP contribution in [0.15, 0.2) is 192 Å².